The van der Waals surface area contributed by atoms with Gasteiger partial charge in [-0.3, -0.25) is 4.68 Å². The number of hydrogen-bond donors (Lipinski definition) is 2. The third kappa shape index (κ3) is 4.62. The molecule has 3 aromatic rings. The molecule has 2 amide bonds. The average Bonchev–Trinajstić information content (AvgIpc) is 3.49. The highest BCUT2D eigenvalue weighted by Gasteiger charge is 2.28. The van der Waals surface area contributed by atoms with Crippen LogP contribution < -0.4 is 10.6 Å². The molecule has 0 spiro atoms. The van der Waals surface area contributed by atoms with Crippen LogP contribution in [0.1, 0.15) is 47.7 Å². The lowest BCUT2D eigenvalue weighted by molar-refractivity contribution is 0.231. The number of carbonyl (C=O) groups excluding carboxylic acids is 1. The van der Waals surface area contributed by atoms with E-state index in [-0.39, 0.29) is 12.1 Å². The van der Waals surface area contributed by atoms with Crippen LogP contribution in [-0.4, -0.2) is 15.8 Å². The summed E-state index contributed by atoms with van der Waals surface area (Å²) in [6, 6.07) is 14.3. The lowest BCUT2D eigenvalue weighted by Gasteiger charge is -2.24. The minimum Gasteiger partial charge on any atom is -0.334 e. The highest BCUT2D eigenvalue weighted by molar-refractivity contribution is 7.10. The minimum atomic E-state index is -0.0980. The molecule has 2 N–H and O–H groups in total. The highest BCUT2D eigenvalue weighted by atomic mass is 32.1. The standard InChI is InChI=1S/C22H26N4OS/c27-22(25-21(17-7-1-2-8-17)20-11-5-14-28-20)23-15-18-9-3-4-10-19(18)16-26-13-6-12-24-26/h3-6,9-14,17,21H,1-2,7-8,15-16H2,(H2,23,25,27). The van der Waals surface area contributed by atoms with E-state index in [1.807, 2.05) is 29.1 Å². The number of aromatic nitrogens is 2. The van der Waals surface area contributed by atoms with E-state index >= 15 is 0 Å². The molecule has 1 aliphatic carbocycles. The number of thiophene rings is 1. The number of hydrogen-bond acceptors (Lipinski definition) is 3. The molecule has 4 rings (SSSR count). The van der Waals surface area contributed by atoms with Crippen molar-refractivity contribution < 1.29 is 4.79 Å². The summed E-state index contributed by atoms with van der Waals surface area (Å²) < 4.78 is 1.89. The Kier molecular flexibility index (Phi) is 6.07. The number of rotatable bonds is 7. The molecule has 5 nitrogen and oxygen atoms in total. The van der Waals surface area contributed by atoms with E-state index in [0.717, 1.165) is 11.1 Å². The molecule has 146 valence electrons. The smallest absolute Gasteiger partial charge is 0.315 e. The van der Waals surface area contributed by atoms with Crippen molar-refractivity contribution in [1.29, 1.82) is 0 Å². The molecular formula is C22H26N4OS. The van der Waals surface area contributed by atoms with Gasteiger partial charge in [-0.05, 0) is 47.4 Å². The summed E-state index contributed by atoms with van der Waals surface area (Å²) in [5.41, 5.74) is 2.28. The van der Waals surface area contributed by atoms with Gasteiger partial charge in [-0.1, -0.05) is 43.2 Å². The van der Waals surface area contributed by atoms with Gasteiger partial charge in [0.25, 0.3) is 0 Å². The summed E-state index contributed by atoms with van der Waals surface area (Å²) in [7, 11) is 0. The van der Waals surface area contributed by atoms with Gasteiger partial charge >= 0.3 is 6.03 Å². The molecule has 2 heterocycles. The van der Waals surface area contributed by atoms with Gasteiger partial charge in [-0.25, -0.2) is 4.79 Å². The molecule has 6 heteroatoms. The van der Waals surface area contributed by atoms with Crippen LogP contribution in [-0.2, 0) is 13.1 Å². The molecule has 1 saturated carbocycles. The van der Waals surface area contributed by atoms with Crippen LogP contribution in [0, 0.1) is 5.92 Å². The van der Waals surface area contributed by atoms with Crippen molar-refractivity contribution in [2.45, 2.75) is 44.8 Å². The predicted molar refractivity (Wildman–Crippen MR) is 112 cm³/mol. The monoisotopic (exact) mass is 394 g/mol. The summed E-state index contributed by atoms with van der Waals surface area (Å²) in [6.45, 7) is 1.21. The second-order valence-corrected chi connectivity index (χ2v) is 8.32. The fourth-order valence-electron chi connectivity index (χ4n) is 4.00. The number of nitrogens with zero attached hydrogens (tertiary/aromatic N) is 2. The molecule has 0 aliphatic heterocycles. The van der Waals surface area contributed by atoms with Crippen LogP contribution >= 0.6 is 11.3 Å². The number of amides is 2. The first-order chi connectivity index (χ1) is 13.8. The average molecular weight is 395 g/mol. The van der Waals surface area contributed by atoms with E-state index in [2.05, 4.69) is 45.4 Å². The Morgan fingerprint density at radius 3 is 2.68 bits per heavy atom. The number of carbonyl (C=O) groups is 1. The van der Waals surface area contributed by atoms with Gasteiger partial charge in [0, 0.05) is 23.8 Å². The largest absolute Gasteiger partial charge is 0.334 e. The predicted octanol–water partition coefficient (Wildman–Crippen LogP) is 4.72. The van der Waals surface area contributed by atoms with Crippen LogP contribution in [0.3, 0.4) is 0 Å². The number of urea groups is 1. The van der Waals surface area contributed by atoms with Crippen LogP contribution in [0.2, 0.25) is 0 Å². The molecule has 28 heavy (non-hydrogen) atoms. The van der Waals surface area contributed by atoms with E-state index in [1.165, 1.54) is 30.6 Å². The van der Waals surface area contributed by atoms with E-state index in [0.29, 0.717) is 19.0 Å². The van der Waals surface area contributed by atoms with Gasteiger partial charge < -0.3 is 10.6 Å². The first-order valence-electron chi connectivity index (χ1n) is 9.91. The van der Waals surface area contributed by atoms with Crippen molar-refractivity contribution in [3.63, 3.8) is 0 Å². The molecule has 0 saturated heterocycles. The Labute approximate surface area is 169 Å². The molecule has 0 bridgehead atoms. The Morgan fingerprint density at radius 2 is 1.96 bits per heavy atom. The van der Waals surface area contributed by atoms with E-state index in [9.17, 15) is 4.79 Å². The van der Waals surface area contributed by atoms with Gasteiger partial charge in [0.1, 0.15) is 0 Å². The van der Waals surface area contributed by atoms with Crippen molar-refractivity contribution in [1.82, 2.24) is 20.4 Å². The Balaban J connectivity index is 1.38. The van der Waals surface area contributed by atoms with Crippen LogP contribution in [0.15, 0.2) is 60.2 Å². The summed E-state index contributed by atoms with van der Waals surface area (Å²) in [6.07, 6.45) is 8.63. The summed E-state index contributed by atoms with van der Waals surface area (Å²) in [5.74, 6) is 0.538. The maximum absolute atomic E-state index is 12.7. The normalized spacial score (nSPS) is 15.4. The minimum absolute atomic E-state index is 0.0980. The van der Waals surface area contributed by atoms with Crippen LogP contribution in [0.25, 0.3) is 0 Å². The molecule has 1 atom stereocenters. The van der Waals surface area contributed by atoms with Crippen molar-refractivity contribution in [2.75, 3.05) is 0 Å². The molecule has 1 fully saturated rings. The van der Waals surface area contributed by atoms with Crippen molar-refractivity contribution in [2.24, 2.45) is 5.92 Å². The zero-order valence-corrected chi connectivity index (χ0v) is 16.7. The third-order valence-corrected chi connectivity index (χ3v) is 6.41. The Morgan fingerprint density at radius 1 is 1.14 bits per heavy atom. The number of nitrogens with one attached hydrogen (secondary N) is 2. The lowest BCUT2D eigenvalue weighted by Crippen LogP contribution is -2.39. The second kappa shape index (κ2) is 9.06. The summed E-state index contributed by atoms with van der Waals surface area (Å²) in [5, 5.41) is 12.7. The summed E-state index contributed by atoms with van der Waals surface area (Å²) in [4.78, 5) is 13.9. The van der Waals surface area contributed by atoms with E-state index in [4.69, 9.17) is 0 Å². The van der Waals surface area contributed by atoms with E-state index in [1.54, 1.807) is 17.5 Å². The highest BCUT2D eigenvalue weighted by Crippen LogP contribution is 2.37. The Hall–Kier alpha value is -2.60. The van der Waals surface area contributed by atoms with Gasteiger partial charge in [-0.15, -0.1) is 11.3 Å². The second-order valence-electron chi connectivity index (χ2n) is 7.34. The molecule has 1 aliphatic rings. The molecule has 1 aromatic carbocycles. The number of benzene rings is 1. The first-order valence-corrected chi connectivity index (χ1v) is 10.8. The van der Waals surface area contributed by atoms with E-state index < -0.39 is 0 Å². The van der Waals surface area contributed by atoms with Crippen LogP contribution in [0.5, 0.6) is 0 Å². The van der Waals surface area contributed by atoms with Crippen molar-refractivity contribution in [3.8, 4) is 0 Å². The van der Waals surface area contributed by atoms with Gasteiger partial charge in [0.15, 0.2) is 0 Å². The van der Waals surface area contributed by atoms with Crippen molar-refractivity contribution in [3.05, 3.63) is 76.2 Å². The Bertz CT molecular complexity index is 870. The zero-order chi connectivity index (χ0) is 19.2. The lowest BCUT2D eigenvalue weighted by atomic mass is 9.97. The van der Waals surface area contributed by atoms with Crippen LogP contribution in [0.4, 0.5) is 4.79 Å². The van der Waals surface area contributed by atoms with Gasteiger partial charge in [-0.2, -0.15) is 5.10 Å². The maximum atomic E-state index is 12.7. The third-order valence-electron chi connectivity index (χ3n) is 5.46. The zero-order valence-electron chi connectivity index (χ0n) is 15.9. The first kappa shape index (κ1) is 18.7. The molecule has 0 radical (unpaired) electrons. The topological polar surface area (TPSA) is 59.0 Å². The SMILES string of the molecule is O=C(NCc1ccccc1Cn1cccn1)NC(c1cccs1)C1CCCC1. The quantitative estimate of drug-likeness (QED) is 0.609. The van der Waals surface area contributed by atoms with Crippen molar-refractivity contribution >= 4 is 17.4 Å². The fraction of sp³-hybridized carbons (Fsp3) is 0.364. The van der Waals surface area contributed by atoms with Gasteiger partial charge in [0.2, 0.25) is 0 Å². The summed E-state index contributed by atoms with van der Waals surface area (Å²) >= 11 is 1.73. The molecule has 1 unspecified atom stereocenters. The molecular weight excluding hydrogens is 368 g/mol. The van der Waals surface area contributed by atoms with Gasteiger partial charge in [0.05, 0.1) is 12.6 Å². The maximum Gasteiger partial charge on any atom is 0.315 e. The molecule has 2 aromatic heterocycles. The fourth-order valence-corrected chi connectivity index (χ4v) is 4.87.